The molecule has 1 aliphatic rings. The van der Waals surface area contributed by atoms with Gasteiger partial charge in [0.05, 0.1) is 4.91 Å². The number of unbranched alkanes of at least 4 members (excludes halogenated alkanes) is 1. The molecule has 33 heavy (non-hydrogen) atoms. The lowest BCUT2D eigenvalue weighted by molar-refractivity contribution is -0.122. The van der Waals surface area contributed by atoms with E-state index in [2.05, 4.69) is 69.2 Å². The summed E-state index contributed by atoms with van der Waals surface area (Å²) < 4.78 is 0.608. The molecule has 1 saturated heterocycles. The molecule has 1 aromatic heterocycles. The first-order valence-corrected chi connectivity index (χ1v) is 12.0. The molecule has 0 radical (unpaired) electrons. The number of amides is 1. The van der Waals surface area contributed by atoms with Gasteiger partial charge in [-0.15, -0.1) is 10.2 Å². The van der Waals surface area contributed by atoms with Gasteiger partial charge in [-0.25, -0.2) is 0 Å². The van der Waals surface area contributed by atoms with Crippen molar-refractivity contribution in [1.29, 1.82) is 0 Å². The molecule has 1 amide bonds. The molecular formula is C25H21N5OS2. The van der Waals surface area contributed by atoms with Crippen molar-refractivity contribution < 1.29 is 4.79 Å². The van der Waals surface area contributed by atoms with Gasteiger partial charge in [0.15, 0.2) is 5.82 Å². The molecule has 1 aliphatic heterocycles. The van der Waals surface area contributed by atoms with Crippen molar-refractivity contribution in [2.45, 2.75) is 19.3 Å². The highest BCUT2D eigenvalue weighted by atomic mass is 32.2. The topological polar surface area (TPSA) is 74.8 Å². The summed E-state index contributed by atoms with van der Waals surface area (Å²) >= 11 is 6.84. The number of aryl methyl sites for hydroxylation is 1. The van der Waals surface area contributed by atoms with E-state index in [4.69, 9.17) is 12.2 Å². The van der Waals surface area contributed by atoms with Crippen molar-refractivity contribution in [2.75, 3.05) is 6.54 Å². The molecule has 2 heterocycles. The van der Waals surface area contributed by atoms with Crippen molar-refractivity contribution in [3.8, 4) is 11.1 Å². The number of hydrogen-bond donors (Lipinski definition) is 1. The minimum absolute atomic E-state index is 0.0272. The van der Waals surface area contributed by atoms with Crippen LogP contribution < -0.4 is 0 Å². The van der Waals surface area contributed by atoms with Crippen LogP contribution in [0.3, 0.4) is 0 Å². The maximum Gasteiger partial charge on any atom is 0.266 e. The summed E-state index contributed by atoms with van der Waals surface area (Å²) in [5, 5.41) is 16.3. The number of hydrogen-bond acceptors (Lipinski definition) is 6. The highest BCUT2D eigenvalue weighted by Gasteiger charge is 2.31. The van der Waals surface area contributed by atoms with Crippen LogP contribution >= 0.6 is 24.0 Å². The first-order chi connectivity index (χ1) is 16.2. The number of nitrogens with one attached hydrogen (secondary N) is 1. The smallest absolute Gasteiger partial charge is 0.266 e. The number of thioether (sulfide) groups is 1. The third-order valence-corrected chi connectivity index (χ3v) is 6.94. The molecule has 6 nitrogen and oxygen atoms in total. The number of fused-ring (bicyclic) bond motifs is 1. The number of aromatic nitrogens is 4. The van der Waals surface area contributed by atoms with E-state index in [0.29, 0.717) is 21.6 Å². The van der Waals surface area contributed by atoms with E-state index in [1.54, 1.807) is 4.90 Å². The second kappa shape index (κ2) is 9.64. The molecule has 1 fully saturated rings. The summed E-state index contributed by atoms with van der Waals surface area (Å²) in [6.45, 7) is 0.594. The van der Waals surface area contributed by atoms with Crippen LogP contribution in [0.2, 0.25) is 0 Å². The van der Waals surface area contributed by atoms with E-state index in [-0.39, 0.29) is 5.91 Å². The first kappa shape index (κ1) is 21.5. The quantitative estimate of drug-likeness (QED) is 0.226. The van der Waals surface area contributed by atoms with E-state index in [1.807, 2.05) is 24.3 Å². The molecule has 0 unspecified atom stereocenters. The Labute approximate surface area is 201 Å². The van der Waals surface area contributed by atoms with Crippen molar-refractivity contribution >= 4 is 51.1 Å². The number of carbonyl (C=O) groups is 1. The van der Waals surface area contributed by atoms with Gasteiger partial charge in [0, 0.05) is 13.0 Å². The SMILES string of the molecule is O=C1/C(=C/c2cccc(-c3ccc4ccccc4c3)c2)SC(=S)N1CCCCc1nn[nH]n1. The summed E-state index contributed by atoms with van der Waals surface area (Å²) in [5.74, 6) is 0.659. The standard InChI is InChI=1S/C25H21N5OS2/c31-24-22(33-25(32)30(24)13-4-3-10-23-26-28-29-27-23)15-17-6-5-9-19(14-17)21-12-11-18-7-1-2-8-20(18)16-21/h1-2,5-9,11-12,14-16H,3-4,10,13H2,(H,26,27,28,29)/b22-15-. The number of nitrogens with zero attached hydrogens (tertiary/aromatic N) is 4. The molecule has 5 rings (SSSR count). The van der Waals surface area contributed by atoms with Crippen molar-refractivity contribution in [1.82, 2.24) is 25.5 Å². The maximum atomic E-state index is 13.0. The van der Waals surface area contributed by atoms with Gasteiger partial charge in [-0.3, -0.25) is 9.69 Å². The molecule has 0 aliphatic carbocycles. The van der Waals surface area contributed by atoms with Gasteiger partial charge in [-0.05, 0) is 58.5 Å². The van der Waals surface area contributed by atoms with Gasteiger partial charge < -0.3 is 0 Å². The van der Waals surface area contributed by atoms with Crippen LogP contribution in [0, 0.1) is 0 Å². The number of aromatic amines is 1. The molecule has 164 valence electrons. The molecule has 0 atom stereocenters. The molecule has 3 aromatic carbocycles. The summed E-state index contributed by atoms with van der Waals surface area (Å²) in [6, 6.07) is 23.1. The van der Waals surface area contributed by atoms with Gasteiger partial charge in [-0.1, -0.05) is 83.8 Å². The Balaban J connectivity index is 1.28. The van der Waals surface area contributed by atoms with Crippen LogP contribution in [-0.4, -0.2) is 42.3 Å². The fourth-order valence-corrected chi connectivity index (χ4v) is 5.17. The van der Waals surface area contributed by atoms with Gasteiger partial charge in [0.1, 0.15) is 4.32 Å². The van der Waals surface area contributed by atoms with Gasteiger partial charge in [0.25, 0.3) is 5.91 Å². The fourth-order valence-electron chi connectivity index (χ4n) is 3.86. The second-order valence-electron chi connectivity index (χ2n) is 7.81. The number of tetrazole rings is 1. The van der Waals surface area contributed by atoms with Crippen LogP contribution in [0.4, 0.5) is 0 Å². The number of carbonyl (C=O) groups excluding carboxylic acids is 1. The number of rotatable bonds is 7. The van der Waals surface area contributed by atoms with E-state index >= 15 is 0 Å². The van der Waals surface area contributed by atoms with Crippen LogP contribution in [0.15, 0.2) is 71.6 Å². The molecule has 8 heteroatoms. The Kier molecular flexibility index (Phi) is 6.28. The van der Waals surface area contributed by atoms with Gasteiger partial charge in [-0.2, -0.15) is 5.21 Å². The van der Waals surface area contributed by atoms with Gasteiger partial charge in [0.2, 0.25) is 0 Å². The third kappa shape index (κ3) is 4.86. The Morgan fingerprint density at radius 2 is 1.82 bits per heavy atom. The van der Waals surface area contributed by atoms with Crippen LogP contribution in [0.5, 0.6) is 0 Å². The highest BCUT2D eigenvalue weighted by molar-refractivity contribution is 8.26. The summed E-state index contributed by atoms with van der Waals surface area (Å²) in [4.78, 5) is 15.3. The summed E-state index contributed by atoms with van der Waals surface area (Å²) in [7, 11) is 0. The lowest BCUT2D eigenvalue weighted by Gasteiger charge is -2.13. The Hall–Kier alpha value is -3.36. The normalized spacial score (nSPS) is 15.2. The first-order valence-electron chi connectivity index (χ1n) is 10.7. The van der Waals surface area contributed by atoms with Crippen molar-refractivity contribution in [3.05, 3.63) is 83.0 Å². The number of thiocarbonyl (C=S) groups is 1. The lowest BCUT2D eigenvalue weighted by atomic mass is 9.99. The number of H-pyrrole nitrogens is 1. The minimum Gasteiger partial charge on any atom is -0.293 e. The van der Waals surface area contributed by atoms with Crippen molar-refractivity contribution in [3.63, 3.8) is 0 Å². The Morgan fingerprint density at radius 3 is 2.67 bits per heavy atom. The predicted octanol–water partition coefficient (Wildman–Crippen LogP) is 5.24. The van der Waals surface area contributed by atoms with Crippen LogP contribution in [0.1, 0.15) is 24.2 Å². The summed E-state index contributed by atoms with van der Waals surface area (Å²) in [5.41, 5.74) is 3.25. The fraction of sp³-hybridized carbons (Fsp3) is 0.160. The van der Waals surface area contributed by atoms with Gasteiger partial charge >= 0.3 is 0 Å². The molecular weight excluding hydrogens is 450 g/mol. The molecule has 4 aromatic rings. The second-order valence-corrected chi connectivity index (χ2v) is 9.48. The van der Waals surface area contributed by atoms with Crippen LogP contribution in [-0.2, 0) is 11.2 Å². The monoisotopic (exact) mass is 471 g/mol. The minimum atomic E-state index is -0.0272. The van der Waals surface area contributed by atoms with E-state index in [0.717, 1.165) is 36.0 Å². The highest BCUT2D eigenvalue weighted by Crippen LogP contribution is 2.33. The molecule has 0 spiro atoms. The average Bonchev–Trinajstić information content (AvgIpc) is 3.45. The molecule has 0 bridgehead atoms. The number of benzene rings is 3. The van der Waals surface area contributed by atoms with Crippen molar-refractivity contribution in [2.24, 2.45) is 0 Å². The zero-order valence-electron chi connectivity index (χ0n) is 17.8. The summed E-state index contributed by atoms with van der Waals surface area (Å²) in [6.07, 6.45) is 4.35. The van der Waals surface area contributed by atoms with E-state index in [9.17, 15) is 4.79 Å². The lowest BCUT2D eigenvalue weighted by Crippen LogP contribution is -2.29. The third-order valence-electron chi connectivity index (χ3n) is 5.56. The zero-order valence-corrected chi connectivity index (χ0v) is 19.4. The molecule has 0 saturated carbocycles. The van der Waals surface area contributed by atoms with E-state index in [1.165, 1.54) is 22.5 Å². The predicted molar refractivity (Wildman–Crippen MR) is 136 cm³/mol. The Morgan fingerprint density at radius 1 is 0.970 bits per heavy atom. The molecule has 1 N–H and O–H groups in total. The Bertz CT molecular complexity index is 1350. The van der Waals surface area contributed by atoms with E-state index < -0.39 is 0 Å². The largest absolute Gasteiger partial charge is 0.293 e. The van der Waals surface area contributed by atoms with Crippen LogP contribution in [0.25, 0.3) is 28.0 Å². The zero-order chi connectivity index (χ0) is 22.6. The average molecular weight is 472 g/mol. The maximum absolute atomic E-state index is 13.0.